The Morgan fingerprint density at radius 2 is 1.92 bits per heavy atom. The first-order valence-electron chi connectivity index (χ1n) is 8.46. The third kappa shape index (κ3) is 5.02. The van der Waals surface area contributed by atoms with Crippen molar-refractivity contribution >= 4 is 23.5 Å². The summed E-state index contributed by atoms with van der Waals surface area (Å²) in [6.45, 7) is 6.63. The van der Waals surface area contributed by atoms with Crippen molar-refractivity contribution in [2.24, 2.45) is 0 Å². The van der Waals surface area contributed by atoms with E-state index in [9.17, 15) is 9.59 Å². The quantitative estimate of drug-likeness (QED) is 0.700. The van der Waals surface area contributed by atoms with Crippen molar-refractivity contribution in [3.8, 4) is 11.5 Å². The van der Waals surface area contributed by atoms with Crippen molar-refractivity contribution in [1.82, 2.24) is 4.90 Å². The van der Waals surface area contributed by atoms with E-state index in [1.165, 1.54) is 19.2 Å². The highest BCUT2D eigenvalue weighted by atomic mass is 35.5. The van der Waals surface area contributed by atoms with Gasteiger partial charge in [0.2, 0.25) is 0 Å². The molecule has 1 aromatic rings. The first kappa shape index (κ1) is 20.3. The maximum Gasteiger partial charge on any atom is 0.338 e. The first-order valence-corrected chi connectivity index (χ1v) is 8.84. The van der Waals surface area contributed by atoms with E-state index < -0.39 is 5.97 Å². The van der Waals surface area contributed by atoms with Crippen LogP contribution in [0.1, 0.15) is 31.1 Å². The molecular weight excluding hydrogens is 362 g/mol. The number of halogens is 1. The minimum atomic E-state index is -0.657. The summed E-state index contributed by atoms with van der Waals surface area (Å²) in [7, 11) is 1.45. The topological polar surface area (TPSA) is 74.3 Å². The number of nitrogens with zero attached hydrogens (tertiary/aromatic N) is 1. The lowest BCUT2D eigenvalue weighted by atomic mass is 10.2. The standard InChI is InChI=1S/C18H24ClNO6/c1-5-24-17-14(19)6-13(7-15(17)23-4)18(22)25-10-16(21)20-8-11(2)26-12(3)9-20/h6-7,11-12H,5,8-10H2,1-4H3/t11-,12+. The van der Waals surface area contributed by atoms with Gasteiger partial charge in [0.25, 0.3) is 5.91 Å². The monoisotopic (exact) mass is 385 g/mol. The lowest BCUT2D eigenvalue weighted by molar-refractivity contribution is -0.146. The lowest BCUT2D eigenvalue weighted by Crippen LogP contribution is -2.49. The molecule has 1 aliphatic rings. The number of amides is 1. The van der Waals surface area contributed by atoms with Crippen molar-refractivity contribution in [3.05, 3.63) is 22.7 Å². The molecule has 0 spiro atoms. The Labute approximate surface area is 158 Å². The van der Waals surface area contributed by atoms with E-state index in [1.54, 1.807) is 4.90 Å². The number of benzene rings is 1. The van der Waals surface area contributed by atoms with Crippen LogP contribution in [0, 0.1) is 0 Å². The van der Waals surface area contributed by atoms with Crippen LogP contribution < -0.4 is 9.47 Å². The van der Waals surface area contributed by atoms with Gasteiger partial charge in [-0.2, -0.15) is 0 Å². The molecule has 8 heteroatoms. The molecule has 144 valence electrons. The molecule has 1 aromatic carbocycles. The Bertz CT molecular complexity index is 655. The van der Waals surface area contributed by atoms with Gasteiger partial charge in [-0.05, 0) is 32.9 Å². The molecule has 0 bridgehead atoms. The van der Waals surface area contributed by atoms with Gasteiger partial charge in [0.1, 0.15) is 0 Å². The predicted octanol–water partition coefficient (Wildman–Crippen LogP) is 2.54. The zero-order chi connectivity index (χ0) is 19.3. The number of methoxy groups -OCH3 is 1. The van der Waals surface area contributed by atoms with Gasteiger partial charge in [0.15, 0.2) is 18.1 Å². The fourth-order valence-electron chi connectivity index (χ4n) is 2.81. The summed E-state index contributed by atoms with van der Waals surface area (Å²) >= 11 is 6.15. The molecule has 0 N–H and O–H groups in total. The van der Waals surface area contributed by atoms with E-state index >= 15 is 0 Å². The average molecular weight is 386 g/mol. The zero-order valence-corrected chi connectivity index (χ0v) is 16.2. The molecule has 2 rings (SSSR count). The molecular formula is C18H24ClNO6. The second-order valence-corrected chi connectivity index (χ2v) is 6.46. The van der Waals surface area contributed by atoms with Gasteiger partial charge in [-0.15, -0.1) is 0 Å². The highest BCUT2D eigenvalue weighted by Gasteiger charge is 2.26. The van der Waals surface area contributed by atoms with Crippen LogP contribution in [0.2, 0.25) is 5.02 Å². The van der Waals surface area contributed by atoms with E-state index in [2.05, 4.69) is 0 Å². The highest BCUT2D eigenvalue weighted by Crippen LogP contribution is 2.36. The van der Waals surface area contributed by atoms with Gasteiger partial charge < -0.3 is 23.8 Å². The Kier molecular flexibility index (Phi) is 7.11. The van der Waals surface area contributed by atoms with E-state index in [4.69, 9.17) is 30.5 Å². The number of rotatable bonds is 6. The fourth-order valence-corrected chi connectivity index (χ4v) is 3.07. The predicted molar refractivity (Wildman–Crippen MR) is 96.0 cm³/mol. The molecule has 1 saturated heterocycles. The molecule has 0 saturated carbocycles. The second-order valence-electron chi connectivity index (χ2n) is 6.05. The maximum absolute atomic E-state index is 12.3. The smallest absolute Gasteiger partial charge is 0.338 e. The van der Waals surface area contributed by atoms with Gasteiger partial charge in [-0.25, -0.2) is 4.79 Å². The molecule has 1 amide bonds. The summed E-state index contributed by atoms with van der Waals surface area (Å²) < 4.78 is 21.3. The normalized spacial score (nSPS) is 19.8. The number of carbonyl (C=O) groups excluding carboxylic acids is 2. The molecule has 7 nitrogen and oxygen atoms in total. The molecule has 0 aromatic heterocycles. The Morgan fingerprint density at radius 3 is 2.50 bits per heavy atom. The molecule has 0 radical (unpaired) electrons. The number of hydrogen-bond donors (Lipinski definition) is 0. The van der Waals surface area contributed by atoms with Gasteiger partial charge in [0.05, 0.1) is 36.5 Å². The summed E-state index contributed by atoms with van der Waals surface area (Å²) in [5, 5.41) is 0.236. The van der Waals surface area contributed by atoms with E-state index in [1.807, 2.05) is 20.8 Å². The third-order valence-corrected chi connectivity index (χ3v) is 4.13. The van der Waals surface area contributed by atoms with Crippen LogP contribution in [0.3, 0.4) is 0 Å². The zero-order valence-electron chi connectivity index (χ0n) is 15.4. The van der Waals surface area contributed by atoms with E-state index in [0.29, 0.717) is 31.2 Å². The number of carbonyl (C=O) groups is 2. The molecule has 1 aliphatic heterocycles. The number of morpholine rings is 1. The van der Waals surface area contributed by atoms with Crippen LogP contribution in [0.25, 0.3) is 0 Å². The Hall–Kier alpha value is -1.99. The summed E-state index contributed by atoms with van der Waals surface area (Å²) in [6, 6.07) is 2.91. The van der Waals surface area contributed by atoms with Gasteiger partial charge in [-0.3, -0.25) is 4.79 Å². The summed E-state index contributed by atoms with van der Waals surface area (Å²) in [6.07, 6.45) is -0.0971. The van der Waals surface area contributed by atoms with Crippen molar-refractivity contribution in [2.75, 3.05) is 33.4 Å². The van der Waals surface area contributed by atoms with Gasteiger partial charge in [-0.1, -0.05) is 11.6 Å². The van der Waals surface area contributed by atoms with E-state index in [-0.39, 0.29) is 35.3 Å². The molecule has 0 aliphatic carbocycles. The number of hydrogen-bond acceptors (Lipinski definition) is 6. The molecule has 1 heterocycles. The van der Waals surface area contributed by atoms with Crippen molar-refractivity contribution in [2.45, 2.75) is 33.0 Å². The van der Waals surface area contributed by atoms with Crippen LogP contribution in [0.5, 0.6) is 11.5 Å². The van der Waals surface area contributed by atoms with Gasteiger partial charge >= 0.3 is 5.97 Å². The molecule has 0 unspecified atom stereocenters. The first-order chi connectivity index (χ1) is 12.3. The largest absolute Gasteiger partial charge is 0.493 e. The molecule has 1 fully saturated rings. The van der Waals surface area contributed by atoms with Crippen molar-refractivity contribution < 1.29 is 28.5 Å². The fraction of sp³-hybridized carbons (Fsp3) is 0.556. The third-order valence-electron chi connectivity index (χ3n) is 3.85. The highest BCUT2D eigenvalue weighted by molar-refractivity contribution is 6.32. The van der Waals surface area contributed by atoms with Crippen LogP contribution in [-0.2, 0) is 14.3 Å². The van der Waals surface area contributed by atoms with Crippen LogP contribution >= 0.6 is 11.6 Å². The average Bonchev–Trinajstić information content (AvgIpc) is 2.60. The number of ether oxygens (including phenoxy) is 4. The Morgan fingerprint density at radius 1 is 1.27 bits per heavy atom. The minimum absolute atomic E-state index is 0.0485. The summed E-state index contributed by atoms with van der Waals surface area (Å²) in [5.41, 5.74) is 0.187. The van der Waals surface area contributed by atoms with Crippen LogP contribution in [-0.4, -0.2) is 62.4 Å². The number of esters is 1. The van der Waals surface area contributed by atoms with Crippen molar-refractivity contribution in [3.63, 3.8) is 0 Å². The lowest BCUT2D eigenvalue weighted by Gasteiger charge is -2.35. The van der Waals surface area contributed by atoms with Crippen LogP contribution in [0.15, 0.2) is 12.1 Å². The Balaban J connectivity index is 2.01. The second kappa shape index (κ2) is 9.09. The van der Waals surface area contributed by atoms with Crippen molar-refractivity contribution in [1.29, 1.82) is 0 Å². The molecule has 2 atom stereocenters. The minimum Gasteiger partial charge on any atom is -0.493 e. The molecule has 26 heavy (non-hydrogen) atoms. The van der Waals surface area contributed by atoms with Crippen LogP contribution in [0.4, 0.5) is 0 Å². The summed E-state index contributed by atoms with van der Waals surface area (Å²) in [4.78, 5) is 26.2. The maximum atomic E-state index is 12.3. The summed E-state index contributed by atoms with van der Waals surface area (Å²) in [5.74, 6) is -0.227. The van der Waals surface area contributed by atoms with E-state index in [0.717, 1.165) is 0 Å². The van der Waals surface area contributed by atoms with Gasteiger partial charge in [0, 0.05) is 13.1 Å². The SMILES string of the molecule is CCOc1c(Cl)cc(C(=O)OCC(=O)N2C[C@@H](C)O[C@@H](C)C2)cc1OC.